The van der Waals surface area contributed by atoms with Crippen LogP contribution in [-0.2, 0) is 21.2 Å². The van der Waals surface area contributed by atoms with Crippen LogP contribution in [0.25, 0.3) is 0 Å². The van der Waals surface area contributed by atoms with Crippen molar-refractivity contribution >= 4 is 56.4 Å². The molecular weight excluding hydrogens is 507 g/mol. The Morgan fingerprint density at radius 1 is 0.939 bits per heavy atom. The first-order valence-corrected chi connectivity index (χ1v) is 12.6. The number of hydrogen-bond acceptors (Lipinski definition) is 4. The summed E-state index contributed by atoms with van der Waals surface area (Å²) in [4.78, 5) is 13.0. The molecule has 1 amide bonds. The molecule has 6 nitrogen and oxygen atoms in total. The SMILES string of the molecule is CCOc1ccc(S(=O)(=O)NC(Cc2ccccc2)C(=O)Nc2ccc(Cl)c(Cl)c2)cc1Cl. The van der Waals surface area contributed by atoms with Gasteiger partial charge in [-0.25, -0.2) is 8.42 Å². The lowest BCUT2D eigenvalue weighted by molar-refractivity contribution is -0.117. The maximum absolute atomic E-state index is 13.1. The van der Waals surface area contributed by atoms with E-state index in [4.69, 9.17) is 39.5 Å². The lowest BCUT2D eigenvalue weighted by atomic mass is 10.1. The highest BCUT2D eigenvalue weighted by atomic mass is 35.5. The first-order valence-electron chi connectivity index (χ1n) is 9.94. The summed E-state index contributed by atoms with van der Waals surface area (Å²) in [5.74, 6) is -0.186. The van der Waals surface area contributed by atoms with Gasteiger partial charge in [0, 0.05) is 5.69 Å². The average molecular weight is 528 g/mol. The van der Waals surface area contributed by atoms with Crippen molar-refractivity contribution < 1.29 is 17.9 Å². The molecule has 3 aromatic rings. The smallest absolute Gasteiger partial charge is 0.242 e. The van der Waals surface area contributed by atoms with Crippen LogP contribution in [0.15, 0.2) is 71.6 Å². The largest absolute Gasteiger partial charge is 0.492 e. The fourth-order valence-corrected chi connectivity index (χ4v) is 4.84. The summed E-state index contributed by atoms with van der Waals surface area (Å²) >= 11 is 18.1. The number of halogens is 3. The van der Waals surface area contributed by atoms with Crippen LogP contribution >= 0.6 is 34.8 Å². The topological polar surface area (TPSA) is 84.5 Å². The molecule has 10 heteroatoms. The fraction of sp³-hybridized carbons (Fsp3) is 0.174. The summed E-state index contributed by atoms with van der Waals surface area (Å²) in [5, 5.41) is 3.44. The van der Waals surface area contributed by atoms with E-state index in [9.17, 15) is 13.2 Å². The molecule has 2 N–H and O–H groups in total. The molecule has 3 aromatic carbocycles. The molecule has 0 spiro atoms. The van der Waals surface area contributed by atoms with Gasteiger partial charge in [0.05, 0.1) is 26.6 Å². The molecule has 0 saturated carbocycles. The minimum atomic E-state index is -4.08. The van der Waals surface area contributed by atoms with Gasteiger partial charge in [-0.3, -0.25) is 4.79 Å². The number of hydrogen-bond donors (Lipinski definition) is 2. The van der Waals surface area contributed by atoms with Crippen molar-refractivity contribution in [3.05, 3.63) is 87.4 Å². The molecule has 33 heavy (non-hydrogen) atoms. The minimum absolute atomic E-state index is 0.0867. The third-order valence-corrected chi connectivity index (χ3v) is 7.10. The highest BCUT2D eigenvalue weighted by Crippen LogP contribution is 2.28. The summed E-state index contributed by atoms with van der Waals surface area (Å²) in [6.45, 7) is 2.18. The zero-order valence-electron chi connectivity index (χ0n) is 17.5. The van der Waals surface area contributed by atoms with Crippen LogP contribution in [0.4, 0.5) is 5.69 Å². The number of rotatable bonds is 9. The molecule has 1 unspecified atom stereocenters. The average Bonchev–Trinajstić information content (AvgIpc) is 2.78. The molecule has 0 aliphatic heterocycles. The van der Waals surface area contributed by atoms with Crippen LogP contribution in [0.2, 0.25) is 15.1 Å². The van der Waals surface area contributed by atoms with Crippen LogP contribution in [0.5, 0.6) is 5.75 Å². The summed E-state index contributed by atoms with van der Waals surface area (Å²) in [5.41, 5.74) is 1.16. The summed E-state index contributed by atoms with van der Waals surface area (Å²) in [7, 11) is -4.08. The second-order valence-corrected chi connectivity index (χ2v) is 9.94. The Morgan fingerprint density at radius 2 is 1.67 bits per heavy atom. The molecule has 0 radical (unpaired) electrons. The van der Waals surface area contributed by atoms with Crippen LogP contribution in [0, 0.1) is 0 Å². The van der Waals surface area contributed by atoms with Crippen LogP contribution < -0.4 is 14.8 Å². The molecule has 0 aromatic heterocycles. The maximum Gasteiger partial charge on any atom is 0.242 e. The van der Waals surface area contributed by atoms with Gasteiger partial charge in [-0.2, -0.15) is 4.72 Å². The van der Waals surface area contributed by atoms with E-state index in [1.807, 2.05) is 30.3 Å². The number of amides is 1. The number of benzene rings is 3. The summed E-state index contributed by atoms with van der Waals surface area (Å²) in [6, 6.07) is 16.7. The Hall–Kier alpha value is -2.29. The van der Waals surface area contributed by atoms with Crippen molar-refractivity contribution in [1.82, 2.24) is 4.72 Å². The number of nitrogens with one attached hydrogen (secondary N) is 2. The Morgan fingerprint density at radius 3 is 2.30 bits per heavy atom. The number of anilines is 1. The van der Waals surface area contributed by atoms with Crippen molar-refractivity contribution in [2.45, 2.75) is 24.3 Å². The molecule has 3 rings (SSSR count). The van der Waals surface area contributed by atoms with Crippen molar-refractivity contribution in [3.63, 3.8) is 0 Å². The van der Waals surface area contributed by atoms with Crippen LogP contribution in [0.3, 0.4) is 0 Å². The fourth-order valence-electron chi connectivity index (χ4n) is 3.02. The van der Waals surface area contributed by atoms with E-state index in [-0.39, 0.29) is 21.4 Å². The third kappa shape index (κ3) is 6.85. The monoisotopic (exact) mass is 526 g/mol. The van der Waals surface area contributed by atoms with Gasteiger partial charge in [0.1, 0.15) is 11.8 Å². The number of ether oxygens (including phenoxy) is 1. The molecule has 0 bridgehead atoms. The number of carbonyl (C=O) groups is 1. The van der Waals surface area contributed by atoms with E-state index in [1.54, 1.807) is 13.0 Å². The Balaban J connectivity index is 1.87. The standard InChI is InChI=1S/C23H21Cl3N2O4S/c1-2-32-22-11-9-17(14-20(22)26)33(30,31)28-21(12-15-6-4-3-5-7-15)23(29)27-16-8-10-18(24)19(25)13-16/h3-11,13-14,21,28H,2,12H2,1H3,(H,27,29). The molecule has 0 heterocycles. The first-order chi connectivity index (χ1) is 15.7. The second-order valence-electron chi connectivity index (χ2n) is 7.01. The summed E-state index contributed by atoms with van der Waals surface area (Å²) in [6.07, 6.45) is 0.123. The Bertz CT molecular complexity index is 1240. The second kappa shape index (κ2) is 11.2. The predicted octanol–water partition coefficient (Wildman–Crippen LogP) is 5.57. The predicted molar refractivity (Wildman–Crippen MR) is 132 cm³/mol. The number of carbonyl (C=O) groups excluding carboxylic acids is 1. The van der Waals surface area contributed by atoms with Crippen LogP contribution in [0.1, 0.15) is 12.5 Å². The van der Waals surface area contributed by atoms with E-state index >= 15 is 0 Å². The molecule has 1 atom stereocenters. The summed E-state index contributed by atoms with van der Waals surface area (Å²) < 4.78 is 34.0. The Labute approximate surface area is 207 Å². The molecule has 0 aliphatic rings. The maximum atomic E-state index is 13.1. The van der Waals surface area contributed by atoms with Crippen molar-refractivity contribution in [3.8, 4) is 5.75 Å². The lowest BCUT2D eigenvalue weighted by Gasteiger charge is -2.19. The number of sulfonamides is 1. The highest BCUT2D eigenvalue weighted by Gasteiger charge is 2.27. The van der Waals surface area contributed by atoms with Gasteiger partial charge in [-0.15, -0.1) is 0 Å². The minimum Gasteiger partial charge on any atom is -0.492 e. The van der Waals surface area contributed by atoms with Crippen molar-refractivity contribution in [2.75, 3.05) is 11.9 Å². The van der Waals surface area contributed by atoms with E-state index in [2.05, 4.69) is 10.0 Å². The molecule has 174 valence electrons. The zero-order chi connectivity index (χ0) is 24.0. The van der Waals surface area contributed by atoms with Gasteiger partial charge in [0.25, 0.3) is 0 Å². The highest BCUT2D eigenvalue weighted by molar-refractivity contribution is 7.89. The van der Waals surface area contributed by atoms with Gasteiger partial charge < -0.3 is 10.1 Å². The van der Waals surface area contributed by atoms with Crippen molar-refractivity contribution in [1.29, 1.82) is 0 Å². The quantitative estimate of drug-likeness (QED) is 0.381. The molecule has 0 saturated heterocycles. The van der Waals surface area contributed by atoms with E-state index < -0.39 is 22.0 Å². The molecule has 0 fully saturated rings. The van der Waals surface area contributed by atoms with Gasteiger partial charge in [0.2, 0.25) is 15.9 Å². The zero-order valence-corrected chi connectivity index (χ0v) is 20.6. The van der Waals surface area contributed by atoms with Gasteiger partial charge in [-0.05, 0) is 55.3 Å². The van der Waals surface area contributed by atoms with E-state index in [0.29, 0.717) is 23.1 Å². The normalized spacial score (nSPS) is 12.2. The van der Waals surface area contributed by atoms with Crippen LogP contribution in [-0.4, -0.2) is 27.0 Å². The molecular formula is C23H21Cl3N2O4S. The van der Waals surface area contributed by atoms with Gasteiger partial charge in [-0.1, -0.05) is 65.1 Å². The Kier molecular flexibility index (Phi) is 8.62. The third-order valence-electron chi connectivity index (χ3n) is 4.60. The molecule has 0 aliphatic carbocycles. The first kappa shape index (κ1) is 25.3. The van der Waals surface area contributed by atoms with Gasteiger partial charge in [0.15, 0.2) is 0 Å². The lowest BCUT2D eigenvalue weighted by Crippen LogP contribution is -2.45. The van der Waals surface area contributed by atoms with E-state index in [1.165, 1.54) is 30.3 Å². The van der Waals surface area contributed by atoms with E-state index in [0.717, 1.165) is 5.56 Å². The van der Waals surface area contributed by atoms with Gasteiger partial charge >= 0.3 is 0 Å². The van der Waals surface area contributed by atoms with Crippen molar-refractivity contribution in [2.24, 2.45) is 0 Å².